The number of hydrogen-bond acceptors (Lipinski definition) is 3. The van der Waals surface area contributed by atoms with Crippen LogP contribution in [0.15, 0.2) is 18.2 Å². The highest BCUT2D eigenvalue weighted by Gasteiger charge is 2.48. The number of fused-ring (bicyclic) bond motifs is 1. The molecule has 1 saturated carbocycles. The fourth-order valence-corrected chi connectivity index (χ4v) is 3.53. The molecule has 0 amide bonds. The summed E-state index contributed by atoms with van der Waals surface area (Å²) in [6, 6.07) is 5.28. The van der Waals surface area contributed by atoms with Crippen molar-refractivity contribution < 1.29 is 13.9 Å². The third kappa shape index (κ3) is 2.11. The molecule has 1 atom stereocenters. The highest BCUT2D eigenvalue weighted by molar-refractivity contribution is 7.18. The van der Waals surface area contributed by atoms with Crippen LogP contribution < -0.4 is 0 Å². The zero-order chi connectivity index (χ0) is 12.9. The van der Waals surface area contributed by atoms with E-state index in [1.54, 1.807) is 12.1 Å². The van der Waals surface area contributed by atoms with Gasteiger partial charge in [-0.15, -0.1) is 11.3 Å². The first kappa shape index (κ1) is 12.3. The van der Waals surface area contributed by atoms with Crippen molar-refractivity contribution in [3.05, 3.63) is 28.2 Å². The molecule has 0 radical (unpaired) electrons. The van der Waals surface area contributed by atoms with Gasteiger partial charge in [0.15, 0.2) is 0 Å². The molecule has 0 aliphatic heterocycles. The number of alkyl halides is 2. The van der Waals surface area contributed by atoms with Crippen molar-refractivity contribution in [2.45, 2.75) is 24.9 Å². The molecule has 0 unspecified atom stereocenters. The summed E-state index contributed by atoms with van der Waals surface area (Å²) in [5.41, 5.74) is 0. The molecule has 0 saturated heterocycles. The average molecular weight is 290 g/mol. The third-order valence-corrected chi connectivity index (χ3v) is 4.55. The lowest BCUT2D eigenvalue weighted by atomic mass is 9.77. The fraction of sp³-hybridized carbons (Fsp3) is 0.417. The lowest BCUT2D eigenvalue weighted by Gasteiger charge is -2.37. The van der Waals surface area contributed by atoms with Gasteiger partial charge in [0.1, 0.15) is 9.98 Å². The van der Waals surface area contributed by atoms with E-state index in [0.717, 1.165) is 10.2 Å². The van der Waals surface area contributed by atoms with Crippen molar-refractivity contribution in [2.75, 3.05) is 0 Å². The molecule has 1 aliphatic rings. The van der Waals surface area contributed by atoms with Crippen LogP contribution in [0.4, 0.5) is 8.78 Å². The molecule has 96 valence electrons. The molecule has 1 fully saturated rings. The molecule has 3 rings (SSSR count). The Morgan fingerprint density at radius 1 is 1.44 bits per heavy atom. The topological polar surface area (TPSA) is 33.1 Å². The first-order valence-electron chi connectivity index (χ1n) is 5.56. The van der Waals surface area contributed by atoms with Gasteiger partial charge in [-0.3, -0.25) is 0 Å². The smallest absolute Gasteiger partial charge is 0.248 e. The first-order chi connectivity index (χ1) is 8.44. The minimum atomic E-state index is -2.61. The van der Waals surface area contributed by atoms with E-state index in [1.165, 1.54) is 11.3 Å². The largest absolute Gasteiger partial charge is 0.387 e. The van der Waals surface area contributed by atoms with Crippen LogP contribution in [0.3, 0.4) is 0 Å². The van der Waals surface area contributed by atoms with Gasteiger partial charge >= 0.3 is 0 Å². The zero-order valence-corrected chi connectivity index (χ0v) is 10.8. The van der Waals surface area contributed by atoms with Gasteiger partial charge in [-0.25, -0.2) is 13.8 Å². The molecule has 1 aliphatic carbocycles. The number of aromatic nitrogens is 1. The predicted octanol–water partition coefficient (Wildman–Crippen LogP) is 4.03. The summed E-state index contributed by atoms with van der Waals surface area (Å²) in [7, 11) is 0. The van der Waals surface area contributed by atoms with Gasteiger partial charge in [0, 0.05) is 29.0 Å². The van der Waals surface area contributed by atoms with Gasteiger partial charge in [0.2, 0.25) is 5.92 Å². The van der Waals surface area contributed by atoms with Crippen molar-refractivity contribution in [3.63, 3.8) is 0 Å². The molecule has 2 nitrogen and oxygen atoms in total. The van der Waals surface area contributed by atoms with E-state index in [4.69, 9.17) is 11.6 Å². The van der Waals surface area contributed by atoms with Crippen molar-refractivity contribution in [1.29, 1.82) is 0 Å². The van der Waals surface area contributed by atoms with Crippen molar-refractivity contribution in [1.82, 2.24) is 4.98 Å². The summed E-state index contributed by atoms with van der Waals surface area (Å²) in [6.45, 7) is 0. The minimum Gasteiger partial charge on any atom is -0.387 e. The van der Waals surface area contributed by atoms with Crippen LogP contribution in [0, 0.1) is 5.92 Å². The maximum absolute atomic E-state index is 12.8. The van der Waals surface area contributed by atoms with E-state index in [9.17, 15) is 13.9 Å². The number of nitrogens with zero attached hydrogens (tertiary/aromatic N) is 1. The first-order valence-corrected chi connectivity index (χ1v) is 6.76. The normalized spacial score (nSPS) is 20.9. The molecule has 2 heterocycles. The quantitative estimate of drug-likeness (QED) is 0.847. The number of thiophene rings is 1. The fourth-order valence-electron chi connectivity index (χ4n) is 2.22. The standard InChI is InChI=1S/C12H10ClF2NOS/c13-9-2-1-6-3-8(18-11(6)16-9)10(17)7-4-12(14,15)5-7/h1-3,7,10,17H,4-5H2/t10-/m0/s1. The monoisotopic (exact) mass is 289 g/mol. The summed E-state index contributed by atoms with van der Waals surface area (Å²) in [6.07, 6.45) is -1.31. The Balaban J connectivity index is 1.86. The number of hydrogen-bond donors (Lipinski definition) is 1. The van der Waals surface area contributed by atoms with Gasteiger partial charge in [0.25, 0.3) is 0 Å². The number of pyridine rings is 1. The van der Waals surface area contributed by atoms with Crippen LogP contribution >= 0.6 is 22.9 Å². The van der Waals surface area contributed by atoms with Crippen LogP contribution in [0.5, 0.6) is 0 Å². The SMILES string of the molecule is O[C@H](c1cc2ccc(Cl)nc2s1)C1CC(F)(F)C1. The summed E-state index contributed by atoms with van der Waals surface area (Å²) >= 11 is 7.09. The molecule has 0 bridgehead atoms. The van der Waals surface area contributed by atoms with Crippen molar-refractivity contribution >= 4 is 33.2 Å². The van der Waals surface area contributed by atoms with E-state index in [2.05, 4.69) is 4.98 Å². The Bertz CT molecular complexity index is 593. The molecular weight excluding hydrogens is 280 g/mol. The molecule has 6 heteroatoms. The molecule has 1 N–H and O–H groups in total. The summed E-state index contributed by atoms with van der Waals surface area (Å²) < 4.78 is 25.6. The number of halogens is 3. The van der Waals surface area contributed by atoms with Crippen LogP contribution in [0.2, 0.25) is 5.15 Å². The van der Waals surface area contributed by atoms with Crippen LogP contribution in [0.25, 0.3) is 10.2 Å². The maximum atomic E-state index is 12.8. The molecule has 18 heavy (non-hydrogen) atoms. The molecule has 2 aromatic rings. The van der Waals surface area contributed by atoms with E-state index < -0.39 is 12.0 Å². The second-order valence-corrected chi connectivity index (χ2v) is 6.10. The highest BCUT2D eigenvalue weighted by Crippen LogP contribution is 2.49. The van der Waals surface area contributed by atoms with Gasteiger partial charge < -0.3 is 5.11 Å². The Labute approximate surface area is 111 Å². The second-order valence-electron chi connectivity index (χ2n) is 4.65. The lowest BCUT2D eigenvalue weighted by molar-refractivity contribution is -0.141. The van der Waals surface area contributed by atoms with E-state index in [-0.39, 0.29) is 18.8 Å². The van der Waals surface area contributed by atoms with Gasteiger partial charge in [-0.1, -0.05) is 11.6 Å². The Morgan fingerprint density at radius 2 is 2.17 bits per heavy atom. The van der Waals surface area contributed by atoms with Crippen LogP contribution in [-0.4, -0.2) is 16.0 Å². The molecular formula is C12H10ClF2NOS. The Morgan fingerprint density at radius 3 is 2.83 bits per heavy atom. The molecule has 2 aromatic heterocycles. The molecule has 0 aromatic carbocycles. The lowest BCUT2D eigenvalue weighted by Crippen LogP contribution is -2.38. The predicted molar refractivity (Wildman–Crippen MR) is 67.3 cm³/mol. The summed E-state index contributed by atoms with van der Waals surface area (Å²) in [4.78, 5) is 5.54. The van der Waals surface area contributed by atoms with Gasteiger partial charge in [0.05, 0.1) is 6.10 Å². The zero-order valence-electron chi connectivity index (χ0n) is 9.24. The summed E-state index contributed by atoms with van der Waals surface area (Å²) in [5.74, 6) is -2.97. The minimum absolute atomic E-state index is 0.239. The van der Waals surface area contributed by atoms with Crippen LogP contribution in [-0.2, 0) is 0 Å². The maximum Gasteiger partial charge on any atom is 0.248 e. The van der Waals surface area contributed by atoms with E-state index in [1.807, 2.05) is 6.07 Å². The van der Waals surface area contributed by atoms with Gasteiger partial charge in [-0.05, 0) is 18.2 Å². The van der Waals surface area contributed by atoms with Gasteiger partial charge in [-0.2, -0.15) is 0 Å². The molecule has 0 spiro atoms. The van der Waals surface area contributed by atoms with E-state index in [0.29, 0.717) is 10.0 Å². The number of rotatable bonds is 2. The van der Waals surface area contributed by atoms with Crippen molar-refractivity contribution in [3.8, 4) is 0 Å². The summed E-state index contributed by atoms with van der Waals surface area (Å²) in [5, 5.41) is 11.3. The number of aliphatic hydroxyl groups excluding tert-OH is 1. The Kier molecular flexibility index (Phi) is 2.80. The Hall–Kier alpha value is -0.780. The third-order valence-electron chi connectivity index (χ3n) is 3.23. The van der Waals surface area contributed by atoms with Crippen molar-refractivity contribution in [2.24, 2.45) is 5.92 Å². The number of aliphatic hydroxyl groups is 1. The average Bonchev–Trinajstić information content (AvgIpc) is 2.67. The van der Waals surface area contributed by atoms with Crippen LogP contribution in [0.1, 0.15) is 23.8 Å². The van der Waals surface area contributed by atoms with E-state index >= 15 is 0 Å². The second kappa shape index (κ2) is 4.11. The highest BCUT2D eigenvalue weighted by atomic mass is 35.5.